The van der Waals surface area contributed by atoms with Gasteiger partial charge < -0.3 is 5.11 Å². The number of carbonyl (C=O) groups excluding carboxylic acids is 2. The minimum Gasteiger partial charge on any atom is -0.507 e. The zero-order valence-corrected chi connectivity index (χ0v) is 13.8. The molecule has 0 radical (unpaired) electrons. The van der Waals surface area contributed by atoms with E-state index in [2.05, 4.69) is 0 Å². The van der Waals surface area contributed by atoms with Crippen molar-refractivity contribution in [1.29, 1.82) is 0 Å². The van der Waals surface area contributed by atoms with E-state index in [9.17, 15) is 14.7 Å². The number of rotatable bonds is 6. The van der Waals surface area contributed by atoms with E-state index in [1.54, 1.807) is 24.3 Å². The molecule has 2 aromatic rings. The minimum atomic E-state index is -0.652. The van der Waals surface area contributed by atoms with Crippen LogP contribution in [0.2, 0.25) is 0 Å². The van der Waals surface area contributed by atoms with Gasteiger partial charge in [-0.2, -0.15) is 0 Å². The summed E-state index contributed by atoms with van der Waals surface area (Å²) < 4.78 is 0. The lowest BCUT2D eigenvalue weighted by atomic mass is 9.91. The monoisotopic (exact) mass is 310 g/mol. The van der Waals surface area contributed by atoms with E-state index in [1.165, 1.54) is 6.07 Å². The van der Waals surface area contributed by atoms with Crippen molar-refractivity contribution in [3.63, 3.8) is 0 Å². The first-order chi connectivity index (χ1) is 11.0. The molecule has 0 aliphatic heterocycles. The van der Waals surface area contributed by atoms with Gasteiger partial charge >= 0.3 is 0 Å². The lowest BCUT2D eigenvalue weighted by molar-refractivity contribution is 0.0814. The molecule has 3 nitrogen and oxygen atoms in total. The van der Waals surface area contributed by atoms with Crippen LogP contribution in [-0.2, 0) is 19.3 Å². The molecule has 0 atom stereocenters. The third kappa shape index (κ3) is 3.19. The number of phenolic OH excluding ortho intramolecular Hbond substituents is 1. The maximum absolute atomic E-state index is 12.7. The predicted molar refractivity (Wildman–Crippen MR) is 91.3 cm³/mol. The van der Waals surface area contributed by atoms with Gasteiger partial charge in [0.15, 0.2) is 0 Å². The summed E-state index contributed by atoms with van der Waals surface area (Å²) >= 11 is 0. The topological polar surface area (TPSA) is 54.4 Å². The second-order valence-electron chi connectivity index (χ2n) is 5.48. The number of aryl methyl sites for hydroxylation is 2. The highest BCUT2D eigenvalue weighted by atomic mass is 16.3. The van der Waals surface area contributed by atoms with E-state index in [0.717, 1.165) is 17.5 Å². The number of carbonyl (C=O) groups is 2. The molecule has 0 bridgehead atoms. The average Bonchev–Trinajstić information content (AvgIpc) is 2.59. The summed E-state index contributed by atoms with van der Waals surface area (Å²) in [5.41, 5.74) is 3.19. The molecule has 2 rings (SSSR count). The van der Waals surface area contributed by atoms with Gasteiger partial charge in [-0.05, 0) is 42.0 Å². The molecule has 0 saturated carbocycles. The van der Waals surface area contributed by atoms with Crippen molar-refractivity contribution in [3.05, 3.63) is 64.2 Å². The van der Waals surface area contributed by atoms with Crippen LogP contribution < -0.4 is 0 Å². The first-order valence-electron chi connectivity index (χ1n) is 8.05. The van der Waals surface area contributed by atoms with Crippen molar-refractivity contribution < 1.29 is 14.7 Å². The maximum Gasteiger partial charge on any atom is 0.237 e. The van der Waals surface area contributed by atoms with Crippen LogP contribution in [-0.4, -0.2) is 16.7 Å². The van der Waals surface area contributed by atoms with Gasteiger partial charge in [0.05, 0.1) is 5.56 Å². The van der Waals surface area contributed by atoms with Crippen LogP contribution in [0, 0.1) is 0 Å². The fourth-order valence-electron chi connectivity index (χ4n) is 2.90. The highest BCUT2D eigenvalue weighted by Crippen LogP contribution is 2.25. The van der Waals surface area contributed by atoms with Crippen LogP contribution >= 0.6 is 0 Å². The van der Waals surface area contributed by atoms with Gasteiger partial charge in [0.1, 0.15) is 5.75 Å². The fraction of sp³-hybridized carbons (Fsp3) is 0.300. The smallest absolute Gasteiger partial charge is 0.237 e. The molecule has 0 aromatic heterocycles. The highest BCUT2D eigenvalue weighted by molar-refractivity contribution is 6.50. The zero-order valence-electron chi connectivity index (χ0n) is 13.8. The van der Waals surface area contributed by atoms with Crippen molar-refractivity contribution >= 4 is 11.6 Å². The van der Waals surface area contributed by atoms with E-state index in [4.69, 9.17) is 0 Å². The summed E-state index contributed by atoms with van der Waals surface area (Å²) in [4.78, 5) is 25.3. The number of aromatic hydroxyl groups is 1. The van der Waals surface area contributed by atoms with E-state index in [0.29, 0.717) is 24.0 Å². The second kappa shape index (κ2) is 7.23. The summed E-state index contributed by atoms with van der Waals surface area (Å²) in [6, 6.07) is 10.4. The number of ketones is 2. The number of hydrogen-bond acceptors (Lipinski definition) is 3. The molecule has 2 aromatic carbocycles. The quantitative estimate of drug-likeness (QED) is 0.644. The minimum absolute atomic E-state index is 0.0818. The maximum atomic E-state index is 12.7. The Balaban J connectivity index is 2.48. The zero-order chi connectivity index (χ0) is 17.0. The molecule has 3 heteroatoms. The lowest BCUT2D eigenvalue weighted by Gasteiger charge is -2.12. The fourth-order valence-corrected chi connectivity index (χ4v) is 2.90. The molecule has 0 saturated heterocycles. The van der Waals surface area contributed by atoms with Crippen LogP contribution in [0.15, 0.2) is 36.4 Å². The molecule has 0 amide bonds. The van der Waals surface area contributed by atoms with Crippen LogP contribution in [0.5, 0.6) is 5.75 Å². The van der Waals surface area contributed by atoms with Crippen LogP contribution in [0.1, 0.15) is 58.2 Å². The Morgan fingerprint density at radius 1 is 0.783 bits per heavy atom. The van der Waals surface area contributed by atoms with Crippen LogP contribution in [0.4, 0.5) is 0 Å². The molecule has 0 aliphatic carbocycles. The molecule has 1 N–H and O–H groups in total. The molecular weight excluding hydrogens is 288 g/mol. The Morgan fingerprint density at radius 3 is 1.87 bits per heavy atom. The number of phenols is 1. The second-order valence-corrected chi connectivity index (χ2v) is 5.48. The molecule has 0 aliphatic rings. The third-order valence-corrected chi connectivity index (χ3v) is 4.20. The summed E-state index contributed by atoms with van der Waals surface area (Å²) in [6.45, 7) is 5.90. The molecule has 23 heavy (non-hydrogen) atoms. The number of Topliss-reactive ketones (excluding diaryl/α,β-unsaturated/α-hetero) is 2. The first-order valence-corrected chi connectivity index (χ1v) is 8.05. The number of para-hydroxylation sites is 1. The predicted octanol–water partition coefficient (Wildman–Crippen LogP) is 4.15. The van der Waals surface area contributed by atoms with Gasteiger partial charge in [-0.3, -0.25) is 9.59 Å². The van der Waals surface area contributed by atoms with Crippen LogP contribution in [0.25, 0.3) is 0 Å². The standard InChI is InChI=1S/C20H22O3/c1-4-13-9-7-11-16(15(13)6-3)19(22)20(23)17-12-8-10-14(5-2)18(17)21/h7-12,21H,4-6H2,1-3H3. The van der Waals surface area contributed by atoms with E-state index < -0.39 is 11.6 Å². The number of benzene rings is 2. The summed E-state index contributed by atoms with van der Waals surface area (Å²) in [6.07, 6.45) is 2.11. The van der Waals surface area contributed by atoms with Gasteiger partial charge in [-0.1, -0.05) is 51.1 Å². The van der Waals surface area contributed by atoms with E-state index in [-0.39, 0.29) is 11.3 Å². The van der Waals surface area contributed by atoms with Crippen molar-refractivity contribution in [2.75, 3.05) is 0 Å². The molecule has 0 unspecified atom stereocenters. The lowest BCUT2D eigenvalue weighted by Crippen LogP contribution is -2.17. The number of hydrogen-bond donors (Lipinski definition) is 1. The Kier molecular flexibility index (Phi) is 5.32. The molecule has 0 heterocycles. The van der Waals surface area contributed by atoms with Crippen molar-refractivity contribution in [1.82, 2.24) is 0 Å². The summed E-state index contributed by atoms with van der Waals surface area (Å²) in [7, 11) is 0. The van der Waals surface area contributed by atoms with Crippen molar-refractivity contribution in [2.24, 2.45) is 0 Å². The Hall–Kier alpha value is -2.42. The largest absolute Gasteiger partial charge is 0.507 e. The average molecular weight is 310 g/mol. The van der Waals surface area contributed by atoms with E-state index in [1.807, 2.05) is 26.8 Å². The molecule has 0 fully saturated rings. The van der Waals surface area contributed by atoms with Crippen molar-refractivity contribution in [3.8, 4) is 5.75 Å². The SMILES string of the molecule is CCc1cccc(C(=O)C(=O)c2cccc(CC)c2CC)c1O. The molecule has 0 spiro atoms. The van der Waals surface area contributed by atoms with Crippen LogP contribution in [0.3, 0.4) is 0 Å². The van der Waals surface area contributed by atoms with Crippen molar-refractivity contribution in [2.45, 2.75) is 40.0 Å². The third-order valence-electron chi connectivity index (χ3n) is 4.20. The Labute approximate surface area is 137 Å². The first kappa shape index (κ1) is 16.9. The Bertz CT molecular complexity index is 745. The highest BCUT2D eigenvalue weighted by Gasteiger charge is 2.24. The Morgan fingerprint density at radius 2 is 1.30 bits per heavy atom. The summed E-state index contributed by atoms with van der Waals surface area (Å²) in [5.74, 6) is -1.29. The van der Waals surface area contributed by atoms with Gasteiger partial charge in [0.2, 0.25) is 11.6 Å². The van der Waals surface area contributed by atoms with E-state index >= 15 is 0 Å². The molecule has 120 valence electrons. The van der Waals surface area contributed by atoms with Gasteiger partial charge in [0, 0.05) is 5.56 Å². The normalized spacial score (nSPS) is 10.6. The molecular formula is C20H22O3. The van der Waals surface area contributed by atoms with Gasteiger partial charge in [0.25, 0.3) is 0 Å². The van der Waals surface area contributed by atoms with Gasteiger partial charge in [-0.25, -0.2) is 0 Å². The van der Waals surface area contributed by atoms with Gasteiger partial charge in [-0.15, -0.1) is 0 Å². The summed E-state index contributed by atoms with van der Waals surface area (Å²) in [5, 5.41) is 10.2.